The van der Waals surface area contributed by atoms with Gasteiger partial charge in [0.15, 0.2) is 11.9 Å². The number of fused-ring (bicyclic) bond motifs is 1. The summed E-state index contributed by atoms with van der Waals surface area (Å²) in [5.41, 5.74) is 29.9. The van der Waals surface area contributed by atoms with Crippen molar-refractivity contribution in [1.82, 2.24) is 63.1 Å². The molecule has 12 amide bonds. The van der Waals surface area contributed by atoms with Crippen molar-refractivity contribution in [3.8, 4) is 0 Å². The van der Waals surface area contributed by atoms with Gasteiger partial charge in [-0.2, -0.15) is 0 Å². The first-order valence-corrected chi connectivity index (χ1v) is 35.3. The van der Waals surface area contributed by atoms with Crippen LogP contribution in [0.5, 0.6) is 0 Å². The minimum absolute atomic E-state index is 0.00429. The average Bonchev–Trinajstić information content (AvgIpc) is 1.65. The number of guanidine groups is 2. The number of rotatable bonds is 23. The molecule has 1 fully saturated rings. The van der Waals surface area contributed by atoms with E-state index in [4.69, 9.17) is 33.4 Å². The molecular weight excluding hydrogens is 1350 g/mol. The highest BCUT2D eigenvalue weighted by atomic mass is 16.5. The van der Waals surface area contributed by atoms with E-state index in [1.807, 2.05) is 25.1 Å². The van der Waals surface area contributed by atoms with Crippen LogP contribution in [0.25, 0.3) is 10.9 Å². The lowest BCUT2D eigenvalue weighted by molar-refractivity contribution is -0.151. The van der Waals surface area contributed by atoms with Gasteiger partial charge in [-0.1, -0.05) is 110 Å². The van der Waals surface area contributed by atoms with Crippen LogP contribution < -0.4 is 81.8 Å². The van der Waals surface area contributed by atoms with Crippen molar-refractivity contribution < 1.29 is 72.2 Å². The van der Waals surface area contributed by atoms with Gasteiger partial charge in [0.05, 0.1) is 26.0 Å². The minimum atomic E-state index is -1.77. The first kappa shape index (κ1) is 86.0. The fourth-order valence-corrected chi connectivity index (χ4v) is 11.4. The molecule has 34 heteroatoms. The van der Waals surface area contributed by atoms with Crippen LogP contribution in [0.3, 0.4) is 0 Å². The van der Waals surface area contributed by atoms with Crippen molar-refractivity contribution in [3.05, 3.63) is 71.9 Å². The number of nitrogens with zero attached hydrogens (tertiary/aromatic N) is 3. The van der Waals surface area contributed by atoms with Crippen LogP contribution in [0.2, 0.25) is 0 Å². The van der Waals surface area contributed by atoms with Gasteiger partial charge in [-0.3, -0.25) is 72.3 Å². The summed E-state index contributed by atoms with van der Waals surface area (Å²) in [5, 5.41) is 37.5. The Morgan fingerprint density at radius 1 is 0.577 bits per heavy atom. The van der Waals surface area contributed by atoms with Crippen LogP contribution >= 0.6 is 0 Å². The van der Waals surface area contributed by atoms with Crippen molar-refractivity contribution >= 4 is 99.7 Å². The number of aliphatic hydroxyl groups is 1. The minimum Gasteiger partial charge on any atom is -0.462 e. The fraction of sp³-hybridized carbons (Fsp3) is 0.586. The molecule has 1 aliphatic rings. The number of carbonyl (C=O) groups excluding carboxylic acids is 13. The zero-order valence-electron chi connectivity index (χ0n) is 60.8. The van der Waals surface area contributed by atoms with Crippen LogP contribution in [0.1, 0.15) is 143 Å². The smallest absolute Gasteiger partial charge is 0.306 e. The number of carbonyl (C=O) groups is 13. The molecule has 2 heterocycles. The molecule has 104 heavy (non-hydrogen) atoms. The third kappa shape index (κ3) is 29.9. The van der Waals surface area contributed by atoms with Crippen LogP contribution in [-0.2, 0) is 79.9 Å². The van der Waals surface area contributed by atoms with E-state index < -0.39 is 169 Å². The van der Waals surface area contributed by atoms with Gasteiger partial charge in [0, 0.05) is 63.0 Å². The number of benzene rings is 2. The van der Waals surface area contributed by atoms with Crippen molar-refractivity contribution in [3.63, 3.8) is 0 Å². The largest absolute Gasteiger partial charge is 0.462 e. The fourth-order valence-electron chi connectivity index (χ4n) is 11.4. The Hall–Kier alpha value is -10.4. The molecule has 2 aromatic carbocycles. The van der Waals surface area contributed by atoms with Crippen molar-refractivity contribution in [1.29, 1.82) is 0 Å². The Morgan fingerprint density at radius 3 is 1.68 bits per heavy atom. The van der Waals surface area contributed by atoms with E-state index in [9.17, 15) is 67.4 Å². The van der Waals surface area contributed by atoms with E-state index in [2.05, 4.69) is 68.1 Å². The number of unbranched alkanes of at least 4 members (excludes halogenated alkanes) is 2. The van der Waals surface area contributed by atoms with E-state index in [0.29, 0.717) is 17.5 Å². The van der Waals surface area contributed by atoms with E-state index in [0.717, 1.165) is 28.6 Å². The second-order valence-corrected chi connectivity index (χ2v) is 27.0. The van der Waals surface area contributed by atoms with E-state index in [1.165, 1.54) is 7.05 Å². The molecule has 0 spiro atoms. The topological polar surface area (TPSA) is 546 Å². The number of nitrogens with one attached hydrogen (secondary N) is 11. The van der Waals surface area contributed by atoms with Gasteiger partial charge in [0.1, 0.15) is 60.5 Å². The van der Waals surface area contributed by atoms with Gasteiger partial charge >= 0.3 is 5.97 Å². The van der Waals surface area contributed by atoms with Crippen LogP contribution in [0.15, 0.2) is 70.8 Å². The van der Waals surface area contributed by atoms with Crippen molar-refractivity contribution in [2.75, 3.05) is 39.8 Å². The van der Waals surface area contributed by atoms with Crippen LogP contribution in [0.4, 0.5) is 0 Å². The maximum absolute atomic E-state index is 14.8. The summed E-state index contributed by atoms with van der Waals surface area (Å²) in [7, 11) is 1.28. The quantitative estimate of drug-likeness (QED) is 0.0209. The Morgan fingerprint density at radius 2 is 1.11 bits per heavy atom. The highest BCUT2D eigenvalue weighted by Crippen LogP contribution is 2.21. The zero-order chi connectivity index (χ0) is 77.2. The number of H-pyrrole nitrogens is 1. The zero-order valence-corrected chi connectivity index (χ0v) is 60.8. The molecule has 0 aliphatic carbocycles. The van der Waals surface area contributed by atoms with E-state index in [1.54, 1.807) is 84.1 Å². The molecule has 0 radical (unpaired) electrons. The van der Waals surface area contributed by atoms with Crippen LogP contribution in [-0.4, -0.2) is 204 Å². The summed E-state index contributed by atoms with van der Waals surface area (Å²) < 4.78 is 5.86. The van der Waals surface area contributed by atoms with Crippen LogP contribution in [0, 0.1) is 17.8 Å². The number of aliphatic imine (C=N–C) groups is 2. The molecule has 0 saturated carbocycles. The number of hydrogen-bond acceptors (Lipinski definition) is 17. The predicted octanol–water partition coefficient (Wildman–Crippen LogP) is -2.10. The molecule has 3 aromatic rings. The summed E-state index contributed by atoms with van der Waals surface area (Å²) in [6, 6.07) is 2.45. The molecule has 1 saturated heterocycles. The Kier molecular flexibility index (Phi) is 36.5. The third-order valence-corrected chi connectivity index (χ3v) is 17.1. The number of nitrogens with two attached hydrogens (primary N) is 5. The lowest BCUT2D eigenvalue weighted by atomic mass is 9.99. The molecular formula is C70H109N19O15. The number of aromatic amines is 1. The molecule has 34 nitrogen and oxygen atoms in total. The number of ether oxygens (including phenoxy) is 1. The van der Waals surface area contributed by atoms with Gasteiger partial charge in [0.2, 0.25) is 70.9 Å². The Labute approximate surface area is 606 Å². The number of aliphatic hydroxyl groups excluding tert-OH is 1. The third-order valence-electron chi connectivity index (χ3n) is 17.1. The predicted molar refractivity (Wildman–Crippen MR) is 388 cm³/mol. The molecule has 1 aliphatic heterocycles. The second-order valence-electron chi connectivity index (χ2n) is 27.0. The van der Waals surface area contributed by atoms with E-state index >= 15 is 0 Å². The summed E-state index contributed by atoms with van der Waals surface area (Å²) >= 11 is 0. The highest BCUT2D eigenvalue weighted by Gasteiger charge is 2.38. The van der Waals surface area contributed by atoms with Gasteiger partial charge in [-0.05, 0) is 86.3 Å². The molecule has 574 valence electrons. The first-order valence-electron chi connectivity index (χ1n) is 35.3. The lowest BCUT2D eigenvalue weighted by Gasteiger charge is -2.31. The summed E-state index contributed by atoms with van der Waals surface area (Å²) in [4.78, 5) is 196. The molecule has 10 atom stereocenters. The van der Waals surface area contributed by atoms with Gasteiger partial charge in [-0.25, -0.2) is 0 Å². The number of cyclic esters (lactones) is 1. The average molecular weight is 1460 g/mol. The van der Waals surface area contributed by atoms with E-state index in [-0.39, 0.29) is 108 Å². The van der Waals surface area contributed by atoms with Crippen molar-refractivity contribution in [2.24, 2.45) is 56.4 Å². The molecule has 0 unspecified atom stereocenters. The molecule has 22 N–H and O–H groups in total. The van der Waals surface area contributed by atoms with Crippen molar-refractivity contribution in [2.45, 2.75) is 205 Å². The monoisotopic (exact) mass is 1460 g/mol. The maximum atomic E-state index is 14.8. The summed E-state index contributed by atoms with van der Waals surface area (Å²) in [6.45, 7) is 10.0. The number of hydrogen-bond donors (Lipinski definition) is 17. The highest BCUT2D eigenvalue weighted by molar-refractivity contribution is 6.00. The van der Waals surface area contributed by atoms with Gasteiger partial charge in [0.25, 0.3) is 0 Å². The number of aromatic nitrogens is 1. The summed E-state index contributed by atoms with van der Waals surface area (Å²) in [5.74, 6) is -13.6. The summed E-state index contributed by atoms with van der Waals surface area (Å²) in [6.07, 6.45) is 1.28. The normalized spacial score (nSPS) is 23.1. The number of amides is 12. The number of para-hydroxylation sites is 1. The number of likely N-dealkylation sites (N-methyl/N-ethyl adjacent to an activating group) is 1. The number of primary amides is 1. The first-order chi connectivity index (χ1) is 49.3. The van der Waals surface area contributed by atoms with Gasteiger partial charge < -0.3 is 102 Å². The Bertz CT molecular complexity index is 3450. The van der Waals surface area contributed by atoms with Gasteiger partial charge in [-0.15, -0.1) is 0 Å². The molecule has 1 aromatic heterocycles. The SMILES string of the molecule is CCCCC[C@@H]1CC(=O)N[C@@H](C(C)C)C(=O)N[C@H](CCCN=C(N)N)C(=O)N[C@@H](CO)C(=O)NCC(=O)N(C)[C@H](Cc2ccccc2)C(=O)N[C@@H](CC(C)C)C(=O)N[C@H](CCCN=C(N)N)C(=O)N[C@@H](CC(N)=O)C(=O)N[C@H](C(C)C)C(=O)N[C@H](Cc2c[nH]c3ccccc23)C(=O)NCCCC(=O)O1. The number of esters is 1. The second kappa shape index (κ2) is 44.2. The Balaban J connectivity index is 1.82. The molecule has 4 rings (SSSR count). The lowest BCUT2D eigenvalue weighted by Crippen LogP contribution is -2.61. The maximum Gasteiger partial charge on any atom is 0.306 e. The standard InChI is InChI=1S/C70H109N19O15/c1-9-10-12-22-44-34-55(92)87-58(40(4)5)67(102)82-48(26-18-30-78-70(74)75)63(98)86-52(38-90)61(96)80-37-56(93)89(8)53(32-42-20-13-11-14-21-42)66(101)84-49(31-39(2)3)64(99)81-47(25-17-29-77-69(72)73)62(97)83-51(35-54(71)91)65(100)88-59(41(6)7)68(103)85-50(60(95)76-28-19-27-57(94)104-44)33-43-36-79-46-24-16-15-23-45(43)46/h11,13-16,20-21,23-24,36,39-41,44,47-53,58-59,79,90H,9-10,12,17-19,22,25-35,37-38H2,1-8H3,(H2,71,91)(H,76,95)(H,80,96)(H,81,99)(H,82,102)(H,83,97)(H,84,101)(H,85,103)(H,86,98)(H,87,92)(H,88,100)(H4,72,73,77)(H4,74,75,78)/t44-,47-,48-,49+,50-,51+,52+,53-,58+,59-/m1/s1. The molecule has 0 bridgehead atoms.